The van der Waals surface area contributed by atoms with Crippen molar-refractivity contribution in [1.82, 2.24) is 4.90 Å². The highest BCUT2D eigenvalue weighted by atomic mass is 127. The standard InChI is InChI=1S/C31H55N2O3.HI/c1-22(5-10-29(36)32-15-17-33(4,18-16-32)19-20-34)26-8-9-27-25-7-6-23-21-24(35)11-13-30(23,2)28(25)12-14-31(26,27)3;/h22-28,34-35H,5-21H2,1-4H3;1H/q+1;/p-1/t22-,23?,24-,25?,26-,27?,28?,30+,31-;/m1./s1. The van der Waals surface area contributed by atoms with Gasteiger partial charge in [0.2, 0.25) is 5.91 Å². The van der Waals surface area contributed by atoms with Crippen LogP contribution in [-0.4, -0.2) is 78.0 Å². The van der Waals surface area contributed by atoms with E-state index in [1.165, 1.54) is 44.9 Å². The molecule has 9 atom stereocenters. The third-order valence-corrected chi connectivity index (χ3v) is 13.0. The molecule has 0 spiro atoms. The van der Waals surface area contributed by atoms with E-state index >= 15 is 0 Å². The number of carbonyl (C=O) groups is 1. The van der Waals surface area contributed by atoms with Gasteiger partial charge in [-0.1, -0.05) is 20.8 Å². The second-order valence-corrected chi connectivity index (χ2v) is 14.7. The molecule has 0 radical (unpaired) electrons. The van der Waals surface area contributed by atoms with Gasteiger partial charge in [0.25, 0.3) is 0 Å². The number of likely N-dealkylation sites (N-methyl/N-ethyl adjacent to an activating group) is 1. The van der Waals surface area contributed by atoms with Gasteiger partial charge in [-0.3, -0.25) is 4.79 Å². The van der Waals surface area contributed by atoms with E-state index in [1.807, 2.05) is 0 Å². The van der Waals surface area contributed by atoms with Crippen LogP contribution in [0.5, 0.6) is 0 Å². The zero-order chi connectivity index (χ0) is 25.7. The van der Waals surface area contributed by atoms with E-state index in [0.29, 0.717) is 29.1 Å². The third kappa shape index (κ3) is 5.53. The number of amides is 1. The van der Waals surface area contributed by atoms with Crippen molar-refractivity contribution in [2.75, 3.05) is 46.4 Å². The quantitative estimate of drug-likeness (QED) is 0.347. The lowest BCUT2D eigenvalue weighted by Gasteiger charge is -2.61. The molecule has 6 heteroatoms. The molecular weight excluding hydrogens is 575 g/mol. The van der Waals surface area contributed by atoms with E-state index in [2.05, 4.69) is 32.7 Å². The second kappa shape index (κ2) is 11.5. The Bertz CT molecular complexity index is 801. The smallest absolute Gasteiger partial charge is 0.222 e. The van der Waals surface area contributed by atoms with Gasteiger partial charge in [0.1, 0.15) is 6.54 Å². The molecule has 4 unspecified atom stereocenters. The van der Waals surface area contributed by atoms with Crippen LogP contribution < -0.4 is 24.0 Å². The molecule has 1 heterocycles. The van der Waals surface area contributed by atoms with Crippen molar-refractivity contribution in [3.8, 4) is 0 Å². The van der Waals surface area contributed by atoms with Crippen LogP contribution in [0.3, 0.4) is 0 Å². The minimum absolute atomic E-state index is 0. The normalized spacial score (nSPS) is 43.7. The molecule has 1 saturated heterocycles. The highest BCUT2D eigenvalue weighted by molar-refractivity contribution is 5.76. The van der Waals surface area contributed by atoms with E-state index in [0.717, 1.165) is 86.1 Å². The highest BCUT2D eigenvalue weighted by Crippen LogP contribution is 2.68. The maximum absolute atomic E-state index is 13.1. The molecule has 4 aliphatic carbocycles. The molecule has 0 aromatic rings. The van der Waals surface area contributed by atoms with Crippen LogP contribution in [0.4, 0.5) is 0 Å². The summed E-state index contributed by atoms with van der Waals surface area (Å²) in [4.78, 5) is 15.2. The maximum atomic E-state index is 13.1. The largest absolute Gasteiger partial charge is 1.00 e. The monoisotopic (exact) mass is 630 g/mol. The summed E-state index contributed by atoms with van der Waals surface area (Å²) in [5.74, 6) is 5.10. The molecule has 5 fully saturated rings. The number of rotatable bonds is 6. The van der Waals surface area contributed by atoms with Gasteiger partial charge in [-0.25, -0.2) is 0 Å². The van der Waals surface area contributed by atoms with E-state index < -0.39 is 0 Å². The van der Waals surface area contributed by atoms with Crippen LogP contribution in [-0.2, 0) is 4.79 Å². The van der Waals surface area contributed by atoms with Gasteiger partial charge in [0, 0.05) is 6.42 Å². The molecule has 4 saturated carbocycles. The first-order valence-electron chi connectivity index (χ1n) is 15.5. The molecule has 5 rings (SSSR count). The summed E-state index contributed by atoms with van der Waals surface area (Å²) in [6.45, 7) is 12.3. The van der Waals surface area contributed by atoms with Crippen molar-refractivity contribution >= 4 is 5.91 Å². The SMILES string of the molecule is C[C@H](CCC(=O)N1CC[N+](C)(CCO)CC1)[C@H]1CCC2C3CCC4C[C@H](O)CC[C@]4(C)C3CC[C@@]21C.[I-]. The zero-order valence-electron chi connectivity index (χ0n) is 24.1. The Hall–Kier alpha value is 0.0800. The van der Waals surface area contributed by atoms with E-state index in [-0.39, 0.29) is 36.7 Å². The van der Waals surface area contributed by atoms with Crippen LogP contribution in [0.2, 0.25) is 0 Å². The minimum Gasteiger partial charge on any atom is -1.00 e. The molecule has 214 valence electrons. The number of hydrogen-bond donors (Lipinski definition) is 2. The first kappa shape index (κ1) is 30.0. The number of quaternary nitrogens is 1. The summed E-state index contributed by atoms with van der Waals surface area (Å²) >= 11 is 0. The van der Waals surface area contributed by atoms with Crippen LogP contribution in [0.15, 0.2) is 0 Å². The number of carbonyl (C=O) groups excluding carboxylic acids is 1. The van der Waals surface area contributed by atoms with Crippen molar-refractivity contribution in [3.63, 3.8) is 0 Å². The first-order chi connectivity index (χ1) is 17.1. The van der Waals surface area contributed by atoms with Crippen LogP contribution in [0.25, 0.3) is 0 Å². The predicted molar refractivity (Wildman–Crippen MR) is 144 cm³/mol. The Morgan fingerprint density at radius 3 is 2.38 bits per heavy atom. The number of halogens is 1. The minimum atomic E-state index is -0.0537. The second-order valence-electron chi connectivity index (χ2n) is 14.7. The van der Waals surface area contributed by atoms with E-state index in [9.17, 15) is 15.0 Å². The Morgan fingerprint density at radius 2 is 1.68 bits per heavy atom. The predicted octanol–water partition coefficient (Wildman–Crippen LogP) is 1.71. The summed E-state index contributed by atoms with van der Waals surface area (Å²) < 4.78 is 0.890. The summed E-state index contributed by atoms with van der Waals surface area (Å²) in [7, 11) is 2.20. The number of hydrogen-bond acceptors (Lipinski definition) is 3. The number of aliphatic hydroxyl groups is 2. The maximum Gasteiger partial charge on any atom is 0.222 e. The van der Waals surface area contributed by atoms with Gasteiger partial charge in [-0.15, -0.1) is 0 Å². The summed E-state index contributed by atoms with van der Waals surface area (Å²) in [5, 5.41) is 19.7. The summed E-state index contributed by atoms with van der Waals surface area (Å²) in [6, 6.07) is 0. The fourth-order valence-corrected chi connectivity index (χ4v) is 10.6. The fraction of sp³-hybridized carbons (Fsp3) is 0.968. The Labute approximate surface area is 243 Å². The Kier molecular flexibility index (Phi) is 9.36. The Balaban J connectivity index is 0.00000320. The highest BCUT2D eigenvalue weighted by Gasteiger charge is 2.60. The van der Waals surface area contributed by atoms with Crippen molar-refractivity contribution in [1.29, 1.82) is 0 Å². The van der Waals surface area contributed by atoms with Crippen molar-refractivity contribution < 1.29 is 43.5 Å². The zero-order valence-corrected chi connectivity index (χ0v) is 26.3. The van der Waals surface area contributed by atoms with Crippen molar-refractivity contribution in [2.24, 2.45) is 46.3 Å². The average molecular weight is 631 g/mol. The lowest BCUT2D eigenvalue weighted by atomic mass is 9.44. The van der Waals surface area contributed by atoms with Gasteiger partial charge >= 0.3 is 0 Å². The van der Waals surface area contributed by atoms with Crippen LogP contribution in [0, 0.1) is 46.3 Å². The van der Waals surface area contributed by atoms with E-state index in [1.54, 1.807) is 0 Å². The average Bonchev–Trinajstić information content (AvgIpc) is 3.20. The van der Waals surface area contributed by atoms with Gasteiger partial charge < -0.3 is 43.6 Å². The number of fused-ring (bicyclic) bond motifs is 5. The fourth-order valence-electron chi connectivity index (χ4n) is 10.6. The Morgan fingerprint density at radius 1 is 1.00 bits per heavy atom. The molecule has 0 bridgehead atoms. The lowest BCUT2D eigenvalue weighted by molar-refractivity contribution is -0.913. The van der Waals surface area contributed by atoms with E-state index in [4.69, 9.17) is 0 Å². The van der Waals surface area contributed by atoms with Gasteiger partial charge in [-0.05, 0) is 111 Å². The van der Waals surface area contributed by atoms with Gasteiger partial charge in [-0.2, -0.15) is 0 Å². The molecule has 0 aromatic carbocycles. The van der Waals surface area contributed by atoms with Crippen LogP contribution >= 0.6 is 0 Å². The molecule has 2 N–H and O–H groups in total. The number of aliphatic hydroxyl groups excluding tert-OH is 2. The summed E-state index contributed by atoms with van der Waals surface area (Å²) in [6.07, 6.45) is 13.2. The topological polar surface area (TPSA) is 60.8 Å². The molecule has 37 heavy (non-hydrogen) atoms. The van der Waals surface area contributed by atoms with Gasteiger partial charge in [0.15, 0.2) is 0 Å². The van der Waals surface area contributed by atoms with Crippen LogP contribution in [0.1, 0.15) is 91.4 Å². The molecule has 1 aliphatic heterocycles. The lowest BCUT2D eigenvalue weighted by Crippen LogP contribution is -3.00. The first-order valence-corrected chi connectivity index (χ1v) is 15.5. The molecule has 5 aliphatic rings. The molecule has 0 aromatic heterocycles. The van der Waals surface area contributed by atoms with Crippen molar-refractivity contribution in [2.45, 2.75) is 97.5 Å². The number of piperazine rings is 1. The molecule has 1 amide bonds. The number of nitrogens with zero attached hydrogens (tertiary/aromatic N) is 2. The summed E-state index contributed by atoms with van der Waals surface area (Å²) in [5.41, 5.74) is 0.912. The van der Waals surface area contributed by atoms with Crippen molar-refractivity contribution in [3.05, 3.63) is 0 Å². The van der Waals surface area contributed by atoms with Gasteiger partial charge in [0.05, 0.1) is 45.9 Å². The third-order valence-electron chi connectivity index (χ3n) is 13.0. The molecular formula is C31H55IN2O3. The molecule has 5 nitrogen and oxygen atoms in total.